The van der Waals surface area contributed by atoms with Crippen LogP contribution in [-0.2, 0) is 9.53 Å². The molecule has 0 fully saturated rings. The number of hydrogen-bond donors (Lipinski definition) is 3. The maximum absolute atomic E-state index is 11.4. The summed E-state index contributed by atoms with van der Waals surface area (Å²) in [5.74, 6) is -0.0438. The minimum atomic E-state index is -0.332. The first-order chi connectivity index (χ1) is 7.07. The van der Waals surface area contributed by atoms with E-state index in [0.717, 1.165) is 0 Å². The molecular weight excluding hydrogens is 196 g/mol. The van der Waals surface area contributed by atoms with Gasteiger partial charge in [-0.3, -0.25) is 4.79 Å². The molecule has 0 heterocycles. The van der Waals surface area contributed by atoms with Crippen molar-refractivity contribution in [1.82, 2.24) is 10.6 Å². The number of methoxy groups -OCH3 is 1. The van der Waals surface area contributed by atoms with Crippen LogP contribution in [0.4, 0.5) is 0 Å². The lowest BCUT2D eigenvalue weighted by Crippen LogP contribution is -2.43. The summed E-state index contributed by atoms with van der Waals surface area (Å²) in [5, 5.41) is 14.8. The quantitative estimate of drug-likeness (QED) is 0.480. The van der Waals surface area contributed by atoms with Gasteiger partial charge in [0, 0.05) is 13.7 Å². The van der Waals surface area contributed by atoms with Crippen molar-refractivity contribution >= 4 is 5.91 Å². The van der Waals surface area contributed by atoms with Gasteiger partial charge in [0.2, 0.25) is 5.91 Å². The van der Waals surface area contributed by atoms with E-state index in [2.05, 4.69) is 10.6 Å². The van der Waals surface area contributed by atoms with E-state index < -0.39 is 0 Å². The number of rotatable bonds is 8. The van der Waals surface area contributed by atoms with Crippen LogP contribution in [0.15, 0.2) is 0 Å². The Kier molecular flexibility index (Phi) is 8.27. The van der Waals surface area contributed by atoms with E-state index in [1.165, 1.54) is 0 Å². The number of ether oxygens (including phenoxy) is 1. The van der Waals surface area contributed by atoms with Gasteiger partial charge in [0.25, 0.3) is 0 Å². The number of carbonyl (C=O) groups is 1. The Labute approximate surface area is 91.2 Å². The molecule has 2 unspecified atom stereocenters. The lowest BCUT2D eigenvalue weighted by molar-refractivity contribution is -0.122. The summed E-state index contributed by atoms with van der Waals surface area (Å²) in [6.45, 7) is 5.20. The molecule has 0 aromatic heterocycles. The van der Waals surface area contributed by atoms with Crippen LogP contribution in [0.1, 0.15) is 20.3 Å². The molecule has 0 aliphatic rings. The molecule has 0 saturated heterocycles. The summed E-state index contributed by atoms with van der Waals surface area (Å²) >= 11 is 0. The van der Waals surface area contributed by atoms with Gasteiger partial charge in [-0.05, 0) is 26.8 Å². The number of nitrogens with one attached hydrogen (secondary N) is 2. The van der Waals surface area contributed by atoms with Crippen LogP contribution >= 0.6 is 0 Å². The smallest absolute Gasteiger partial charge is 0.236 e. The van der Waals surface area contributed by atoms with Crippen molar-refractivity contribution in [1.29, 1.82) is 0 Å². The Morgan fingerprint density at radius 2 is 2.07 bits per heavy atom. The molecular formula is C10H22N2O3. The molecule has 15 heavy (non-hydrogen) atoms. The lowest BCUT2D eigenvalue weighted by Gasteiger charge is -2.14. The molecule has 0 saturated carbocycles. The van der Waals surface area contributed by atoms with E-state index in [0.29, 0.717) is 26.1 Å². The van der Waals surface area contributed by atoms with Crippen LogP contribution in [0.5, 0.6) is 0 Å². The van der Waals surface area contributed by atoms with E-state index in [9.17, 15) is 4.79 Å². The second-order valence-electron chi connectivity index (χ2n) is 3.60. The number of aliphatic hydroxyl groups excluding tert-OH is 1. The molecule has 0 aromatic rings. The molecule has 5 heteroatoms. The normalized spacial score (nSPS) is 14.7. The SMILES string of the molecule is COCCNC(=O)C(C)NCCC(C)O. The van der Waals surface area contributed by atoms with Crippen LogP contribution in [0.25, 0.3) is 0 Å². The molecule has 90 valence electrons. The second-order valence-corrected chi connectivity index (χ2v) is 3.60. The number of aliphatic hydroxyl groups is 1. The number of carbonyl (C=O) groups excluding carboxylic acids is 1. The summed E-state index contributed by atoms with van der Waals surface area (Å²) in [6, 6.07) is -0.236. The third kappa shape index (κ3) is 8.35. The molecule has 0 aromatic carbocycles. The summed E-state index contributed by atoms with van der Waals surface area (Å²) in [7, 11) is 1.59. The van der Waals surface area contributed by atoms with Gasteiger partial charge in [-0.25, -0.2) is 0 Å². The Bertz CT molecular complexity index is 174. The van der Waals surface area contributed by atoms with Crippen molar-refractivity contribution in [3.63, 3.8) is 0 Å². The monoisotopic (exact) mass is 218 g/mol. The highest BCUT2D eigenvalue weighted by Gasteiger charge is 2.10. The molecule has 3 N–H and O–H groups in total. The Morgan fingerprint density at radius 1 is 1.40 bits per heavy atom. The maximum Gasteiger partial charge on any atom is 0.236 e. The van der Waals surface area contributed by atoms with Gasteiger partial charge in [0.05, 0.1) is 18.8 Å². The number of hydrogen-bond acceptors (Lipinski definition) is 4. The molecule has 0 rings (SSSR count). The van der Waals surface area contributed by atoms with Crippen molar-refractivity contribution in [2.45, 2.75) is 32.4 Å². The first kappa shape index (κ1) is 14.3. The minimum absolute atomic E-state index is 0.0438. The molecule has 0 bridgehead atoms. The second kappa shape index (κ2) is 8.64. The van der Waals surface area contributed by atoms with Crippen LogP contribution in [-0.4, -0.2) is 50.0 Å². The van der Waals surface area contributed by atoms with Gasteiger partial charge in [0.15, 0.2) is 0 Å². The highest BCUT2D eigenvalue weighted by molar-refractivity contribution is 5.81. The zero-order chi connectivity index (χ0) is 11.7. The Hall–Kier alpha value is -0.650. The van der Waals surface area contributed by atoms with Crippen LogP contribution in [0, 0.1) is 0 Å². The highest BCUT2D eigenvalue weighted by Crippen LogP contribution is 1.88. The summed E-state index contributed by atoms with van der Waals surface area (Å²) in [5.41, 5.74) is 0. The Balaban J connectivity index is 3.51. The van der Waals surface area contributed by atoms with Gasteiger partial charge in [-0.2, -0.15) is 0 Å². The van der Waals surface area contributed by atoms with Crippen molar-refractivity contribution in [2.24, 2.45) is 0 Å². The average Bonchev–Trinajstić information content (AvgIpc) is 2.17. The van der Waals surface area contributed by atoms with Crippen LogP contribution < -0.4 is 10.6 Å². The number of amides is 1. The fourth-order valence-electron chi connectivity index (χ4n) is 1.03. The van der Waals surface area contributed by atoms with E-state index in [-0.39, 0.29) is 18.1 Å². The highest BCUT2D eigenvalue weighted by atomic mass is 16.5. The molecule has 0 aliphatic carbocycles. The van der Waals surface area contributed by atoms with E-state index in [1.54, 1.807) is 21.0 Å². The first-order valence-electron chi connectivity index (χ1n) is 5.26. The fourth-order valence-corrected chi connectivity index (χ4v) is 1.03. The van der Waals surface area contributed by atoms with Gasteiger partial charge in [-0.1, -0.05) is 0 Å². The zero-order valence-electron chi connectivity index (χ0n) is 9.75. The van der Waals surface area contributed by atoms with Crippen molar-refractivity contribution in [3.05, 3.63) is 0 Å². The summed E-state index contributed by atoms with van der Waals surface area (Å²) < 4.78 is 4.82. The van der Waals surface area contributed by atoms with Gasteiger partial charge in [0.1, 0.15) is 0 Å². The van der Waals surface area contributed by atoms with E-state index in [4.69, 9.17) is 9.84 Å². The Morgan fingerprint density at radius 3 is 2.60 bits per heavy atom. The lowest BCUT2D eigenvalue weighted by atomic mass is 10.2. The molecule has 0 aliphatic heterocycles. The van der Waals surface area contributed by atoms with E-state index in [1.807, 2.05) is 0 Å². The molecule has 5 nitrogen and oxygen atoms in total. The molecule has 2 atom stereocenters. The van der Waals surface area contributed by atoms with Gasteiger partial charge >= 0.3 is 0 Å². The predicted molar refractivity (Wildman–Crippen MR) is 58.6 cm³/mol. The van der Waals surface area contributed by atoms with Crippen molar-refractivity contribution in [2.75, 3.05) is 26.8 Å². The van der Waals surface area contributed by atoms with Crippen LogP contribution in [0.3, 0.4) is 0 Å². The average molecular weight is 218 g/mol. The van der Waals surface area contributed by atoms with Gasteiger partial charge in [-0.15, -0.1) is 0 Å². The summed E-state index contributed by atoms with van der Waals surface area (Å²) in [4.78, 5) is 11.4. The minimum Gasteiger partial charge on any atom is -0.393 e. The van der Waals surface area contributed by atoms with Crippen LogP contribution in [0.2, 0.25) is 0 Å². The largest absolute Gasteiger partial charge is 0.393 e. The zero-order valence-corrected chi connectivity index (χ0v) is 9.75. The topological polar surface area (TPSA) is 70.6 Å². The van der Waals surface area contributed by atoms with Gasteiger partial charge < -0.3 is 20.5 Å². The maximum atomic E-state index is 11.4. The molecule has 0 spiro atoms. The molecule has 0 radical (unpaired) electrons. The molecule has 1 amide bonds. The third-order valence-electron chi connectivity index (χ3n) is 2.01. The predicted octanol–water partition coefficient (Wildman–Crippen LogP) is -0.502. The standard InChI is InChI=1S/C10H22N2O3/c1-8(13)4-5-11-9(2)10(14)12-6-7-15-3/h8-9,11,13H,4-7H2,1-3H3,(H,12,14). The first-order valence-corrected chi connectivity index (χ1v) is 5.26. The third-order valence-corrected chi connectivity index (χ3v) is 2.01. The van der Waals surface area contributed by atoms with E-state index >= 15 is 0 Å². The fraction of sp³-hybridized carbons (Fsp3) is 0.900. The summed E-state index contributed by atoms with van der Waals surface area (Å²) in [6.07, 6.45) is 0.316. The van der Waals surface area contributed by atoms with Crippen molar-refractivity contribution < 1.29 is 14.6 Å². The van der Waals surface area contributed by atoms with Crippen molar-refractivity contribution in [3.8, 4) is 0 Å².